The zero-order valence-electron chi connectivity index (χ0n) is 20.8. The number of anilines is 3. The van der Waals surface area contributed by atoms with E-state index in [0.717, 1.165) is 18.4 Å². The Bertz CT molecular complexity index is 1430. The van der Waals surface area contributed by atoms with E-state index in [2.05, 4.69) is 20.6 Å². The summed E-state index contributed by atoms with van der Waals surface area (Å²) >= 11 is 0. The minimum atomic E-state index is -3.56. The van der Waals surface area contributed by atoms with Crippen LogP contribution in [0.2, 0.25) is 0 Å². The summed E-state index contributed by atoms with van der Waals surface area (Å²) in [7, 11) is 0. The van der Waals surface area contributed by atoms with Crippen molar-refractivity contribution in [3.8, 4) is 0 Å². The quantitative estimate of drug-likeness (QED) is 0.338. The number of aliphatic imine (C=N–C) groups is 1. The van der Waals surface area contributed by atoms with E-state index in [4.69, 9.17) is 14.5 Å². The van der Waals surface area contributed by atoms with Gasteiger partial charge in [0.15, 0.2) is 0 Å². The molecule has 1 amide bonds. The number of fused-ring (bicyclic) bond motifs is 1. The Morgan fingerprint density at radius 1 is 1.08 bits per heavy atom. The number of aliphatic hydroxyl groups excluding tert-OH is 1. The zero-order valence-corrected chi connectivity index (χ0v) is 20.8. The van der Waals surface area contributed by atoms with Gasteiger partial charge in [-0.15, -0.1) is 0 Å². The third-order valence-corrected chi connectivity index (χ3v) is 7.05. The fourth-order valence-corrected chi connectivity index (χ4v) is 4.90. The Morgan fingerprint density at radius 2 is 1.87 bits per heavy atom. The highest BCUT2D eigenvalue weighted by Gasteiger charge is 2.46. The number of pyridine rings is 2. The molecule has 0 unspecified atom stereocenters. The van der Waals surface area contributed by atoms with E-state index in [1.165, 1.54) is 12.1 Å². The van der Waals surface area contributed by atoms with Crippen LogP contribution in [-0.4, -0.2) is 58.8 Å². The fourth-order valence-electron chi connectivity index (χ4n) is 4.90. The van der Waals surface area contributed by atoms with Gasteiger partial charge in [-0.2, -0.15) is 8.78 Å². The molecule has 0 bridgehead atoms. The van der Waals surface area contributed by atoms with Crippen molar-refractivity contribution in [3.05, 3.63) is 77.1 Å². The van der Waals surface area contributed by atoms with Crippen LogP contribution < -0.4 is 16.0 Å². The van der Waals surface area contributed by atoms with Crippen molar-refractivity contribution >= 4 is 29.1 Å². The van der Waals surface area contributed by atoms with Crippen molar-refractivity contribution in [2.45, 2.75) is 30.5 Å². The molecule has 0 radical (unpaired) electrons. The third-order valence-electron chi connectivity index (χ3n) is 7.05. The molecule has 39 heavy (non-hydrogen) atoms. The molecule has 0 saturated carbocycles. The highest BCUT2D eigenvalue weighted by Crippen LogP contribution is 2.36. The maximum absolute atomic E-state index is 14.2. The minimum absolute atomic E-state index is 0.0912. The fraction of sp³-hybridized carbons (Fsp3) is 0.333. The SMILES string of the molecule is O=C1NC(F)(F)c2nc(Nc3cc(N[C@H](CO)c4ccccc4)c(C4=NC5(CCOCC5)CO4)cn3)ccc21. The molecule has 1 atom stereocenters. The Balaban J connectivity index is 1.34. The number of amides is 1. The Hall–Kier alpha value is -4.16. The van der Waals surface area contributed by atoms with E-state index < -0.39 is 23.7 Å². The molecule has 3 aliphatic heterocycles. The molecule has 202 valence electrons. The largest absolute Gasteiger partial charge is 0.475 e. The highest BCUT2D eigenvalue weighted by atomic mass is 19.3. The normalized spacial score (nSPS) is 19.6. The van der Waals surface area contributed by atoms with E-state index in [9.17, 15) is 18.7 Å². The van der Waals surface area contributed by atoms with E-state index in [1.807, 2.05) is 30.3 Å². The summed E-state index contributed by atoms with van der Waals surface area (Å²) in [5.74, 6) is -0.0476. The van der Waals surface area contributed by atoms with Crippen molar-refractivity contribution in [2.75, 3.05) is 37.1 Å². The molecule has 1 spiro atoms. The Kier molecular flexibility index (Phi) is 6.35. The predicted octanol–water partition coefficient (Wildman–Crippen LogP) is 3.48. The van der Waals surface area contributed by atoms with Crippen LogP contribution in [0.4, 0.5) is 26.1 Å². The van der Waals surface area contributed by atoms with Gasteiger partial charge in [0.25, 0.3) is 5.91 Å². The number of hydrogen-bond acceptors (Lipinski definition) is 9. The van der Waals surface area contributed by atoms with Crippen LogP contribution in [0.1, 0.15) is 46.1 Å². The van der Waals surface area contributed by atoms with Gasteiger partial charge >= 0.3 is 6.05 Å². The average molecular weight is 537 g/mol. The van der Waals surface area contributed by atoms with Crippen LogP contribution in [0.15, 0.2) is 59.7 Å². The minimum Gasteiger partial charge on any atom is -0.475 e. The second-order valence-electron chi connectivity index (χ2n) is 9.69. The van der Waals surface area contributed by atoms with Gasteiger partial charge in [0.05, 0.1) is 29.5 Å². The molecule has 12 heteroatoms. The second kappa shape index (κ2) is 9.86. The first-order chi connectivity index (χ1) is 18.9. The van der Waals surface area contributed by atoms with Crippen LogP contribution in [0.25, 0.3) is 0 Å². The molecule has 10 nitrogen and oxygen atoms in total. The maximum Gasteiger partial charge on any atom is 0.370 e. The lowest BCUT2D eigenvalue weighted by Gasteiger charge is -2.28. The van der Waals surface area contributed by atoms with Gasteiger partial charge in [-0.1, -0.05) is 30.3 Å². The maximum atomic E-state index is 14.2. The van der Waals surface area contributed by atoms with Crippen molar-refractivity contribution < 1.29 is 28.2 Å². The van der Waals surface area contributed by atoms with Crippen molar-refractivity contribution in [1.29, 1.82) is 0 Å². The molecule has 3 aliphatic rings. The summed E-state index contributed by atoms with van der Waals surface area (Å²) < 4.78 is 39.9. The van der Waals surface area contributed by atoms with E-state index >= 15 is 0 Å². The van der Waals surface area contributed by atoms with E-state index in [-0.39, 0.29) is 23.5 Å². The standard InChI is InChI=1S/C27H26F2N6O4/c28-27(29)23-17(24(37)34-27)6-7-21(33-23)32-22-12-19(31-20(14-36)16-4-2-1-3-5-16)18(13-30-22)25-35-26(15-39-25)8-10-38-11-9-26/h1-7,12-13,20,36H,8-11,14-15H2,(H,34,37)(H2,30,31,32,33)/t20-/m1/s1. The van der Waals surface area contributed by atoms with Crippen LogP contribution in [0, 0.1) is 0 Å². The highest BCUT2D eigenvalue weighted by molar-refractivity contribution is 6.01. The van der Waals surface area contributed by atoms with Gasteiger partial charge in [-0.05, 0) is 30.5 Å². The number of nitrogens with one attached hydrogen (secondary N) is 3. The van der Waals surface area contributed by atoms with Crippen LogP contribution in [-0.2, 0) is 15.5 Å². The number of ether oxygens (including phenoxy) is 2. The van der Waals surface area contributed by atoms with E-state index in [0.29, 0.717) is 42.8 Å². The second-order valence-corrected chi connectivity index (χ2v) is 9.69. The molecule has 4 N–H and O–H groups in total. The summed E-state index contributed by atoms with van der Waals surface area (Å²) in [4.78, 5) is 25.1. The third kappa shape index (κ3) is 4.88. The molecule has 1 fully saturated rings. The zero-order chi connectivity index (χ0) is 27.0. The molecule has 1 saturated heterocycles. The summed E-state index contributed by atoms with van der Waals surface area (Å²) in [6.45, 7) is 1.47. The molecule has 3 aromatic rings. The van der Waals surface area contributed by atoms with Crippen molar-refractivity contribution in [3.63, 3.8) is 0 Å². The monoisotopic (exact) mass is 536 g/mol. The Labute approximate surface area is 222 Å². The van der Waals surface area contributed by atoms with Gasteiger partial charge in [-0.3, -0.25) is 10.1 Å². The molecule has 2 aromatic heterocycles. The van der Waals surface area contributed by atoms with Gasteiger partial charge in [0, 0.05) is 25.5 Å². The summed E-state index contributed by atoms with van der Waals surface area (Å²) in [6, 6.07) is 9.85. The molecular formula is C27H26F2N6O4. The van der Waals surface area contributed by atoms with Gasteiger partial charge < -0.3 is 25.2 Å². The first kappa shape index (κ1) is 25.1. The molecule has 5 heterocycles. The lowest BCUT2D eigenvalue weighted by molar-refractivity contribution is -0.0278. The van der Waals surface area contributed by atoms with E-state index in [1.54, 1.807) is 17.6 Å². The van der Waals surface area contributed by atoms with Crippen molar-refractivity contribution in [1.82, 2.24) is 15.3 Å². The topological polar surface area (TPSA) is 130 Å². The number of aromatic nitrogens is 2. The van der Waals surface area contributed by atoms with Crippen LogP contribution >= 0.6 is 0 Å². The number of nitrogens with zero attached hydrogens (tertiary/aromatic N) is 3. The molecule has 6 rings (SSSR count). The molecular weight excluding hydrogens is 510 g/mol. The Morgan fingerprint density at radius 3 is 2.64 bits per heavy atom. The first-order valence-electron chi connectivity index (χ1n) is 12.6. The summed E-state index contributed by atoms with van der Waals surface area (Å²) in [5.41, 5.74) is 0.869. The number of carbonyl (C=O) groups is 1. The number of carbonyl (C=O) groups excluding carboxylic acids is 1. The first-order valence-corrected chi connectivity index (χ1v) is 12.6. The summed E-state index contributed by atoms with van der Waals surface area (Å²) in [5, 5.41) is 18.1. The van der Waals surface area contributed by atoms with Crippen molar-refractivity contribution in [2.24, 2.45) is 4.99 Å². The number of rotatable bonds is 7. The number of benzene rings is 1. The number of alkyl halides is 2. The lowest BCUT2D eigenvalue weighted by Crippen LogP contribution is -2.35. The summed E-state index contributed by atoms with van der Waals surface area (Å²) in [6.07, 6.45) is 3.08. The van der Waals surface area contributed by atoms with Crippen LogP contribution in [0.3, 0.4) is 0 Å². The molecule has 1 aromatic carbocycles. The smallest absolute Gasteiger partial charge is 0.370 e. The van der Waals surface area contributed by atoms with Gasteiger partial charge in [-0.25, -0.2) is 15.0 Å². The predicted molar refractivity (Wildman–Crippen MR) is 138 cm³/mol. The van der Waals surface area contributed by atoms with Crippen LogP contribution in [0.5, 0.6) is 0 Å². The number of aliphatic hydroxyl groups is 1. The lowest BCUT2D eigenvalue weighted by atomic mass is 9.92. The molecule has 0 aliphatic carbocycles. The van der Waals surface area contributed by atoms with Gasteiger partial charge in [0.1, 0.15) is 29.5 Å². The number of halogens is 2. The number of hydrogen-bond donors (Lipinski definition) is 4. The van der Waals surface area contributed by atoms with Gasteiger partial charge in [0.2, 0.25) is 5.90 Å². The average Bonchev–Trinajstić information content (AvgIpc) is 3.44.